The van der Waals surface area contributed by atoms with Crippen LogP contribution in [-0.4, -0.2) is 21.4 Å². The van der Waals surface area contributed by atoms with Crippen LogP contribution in [-0.2, 0) is 6.42 Å². The zero-order chi connectivity index (χ0) is 14.7. The smallest absolute Gasteiger partial charge is 0.195 e. The Morgan fingerprint density at radius 3 is 2.67 bits per heavy atom. The minimum absolute atomic E-state index is 0.522. The zero-order valence-electron chi connectivity index (χ0n) is 12.3. The average Bonchev–Trinajstić information content (AvgIpc) is 3.11. The normalized spacial score (nSPS) is 15.5. The lowest BCUT2D eigenvalue weighted by atomic mass is 10.1. The molecule has 1 aromatic carbocycles. The summed E-state index contributed by atoms with van der Waals surface area (Å²) < 4.78 is 8.45. The topological polar surface area (TPSA) is 42.8 Å². The summed E-state index contributed by atoms with van der Waals surface area (Å²) in [5.74, 6) is 1.95. The first-order valence-electron chi connectivity index (χ1n) is 7.65. The Kier molecular flexibility index (Phi) is 4.39. The number of nitrogens with zero attached hydrogens (tertiary/aromatic N) is 2. The van der Waals surface area contributed by atoms with Crippen molar-refractivity contribution >= 4 is 12.2 Å². The number of aromatic amines is 1. The SMILES string of the molecule is CCOc1ccc(Cc2n[nH]c(=S)n2C2CCCC2)cc1. The number of hydrogen-bond donors (Lipinski definition) is 1. The number of nitrogens with one attached hydrogen (secondary N) is 1. The summed E-state index contributed by atoms with van der Waals surface area (Å²) in [6.45, 7) is 2.69. The average molecular weight is 303 g/mol. The molecule has 0 amide bonds. The van der Waals surface area contributed by atoms with Crippen molar-refractivity contribution in [2.24, 2.45) is 0 Å². The Balaban J connectivity index is 1.80. The highest BCUT2D eigenvalue weighted by molar-refractivity contribution is 7.71. The van der Waals surface area contributed by atoms with Crippen molar-refractivity contribution in [3.63, 3.8) is 0 Å². The van der Waals surface area contributed by atoms with Gasteiger partial charge in [0.25, 0.3) is 0 Å². The quantitative estimate of drug-likeness (QED) is 0.848. The summed E-state index contributed by atoms with van der Waals surface area (Å²) in [4.78, 5) is 0. The van der Waals surface area contributed by atoms with E-state index < -0.39 is 0 Å². The summed E-state index contributed by atoms with van der Waals surface area (Å²) >= 11 is 5.41. The molecule has 0 aliphatic heterocycles. The van der Waals surface area contributed by atoms with E-state index in [9.17, 15) is 0 Å². The third-order valence-corrected chi connectivity index (χ3v) is 4.35. The van der Waals surface area contributed by atoms with Crippen LogP contribution in [0.25, 0.3) is 0 Å². The maximum absolute atomic E-state index is 5.48. The van der Waals surface area contributed by atoms with Crippen molar-refractivity contribution in [2.75, 3.05) is 6.61 Å². The van der Waals surface area contributed by atoms with E-state index in [1.807, 2.05) is 19.1 Å². The fraction of sp³-hybridized carbons (Fsp3) is 0.500. The molecule has 0 atom stereocenters. The predicted molar refractivity (Wildman–Crippen MR) is 85.3 cm³/mol. The molecule has 1 aliphatic carbocycles. The molecule has 2 aromatic rings. The van der Waals surface area contributed by atoms with Crippen LogP contribution in [0.1, 0.15) is 50.0 Å². The second kappa shape index (κ2) is 6.43. The van der Waals surface area contributed by atoms with Crippen molar-refractivity contribution in [3.8, 4) is 5.75 Å². The Morgan fingerprint density at radius 1 is 1.29 bits per heavy atom. The summed E-state index contributed by atoms with van der Waals surface area (Å²) in [5, 5.41) is 7.39. The molecule has 0 bridgehead atoms. The van der Waals surface area contributed by atoms with Gasteiger partial charge in [0.1, 0.15) is 11.6 Å². The number of ether oxygens (including phenoxy) is 1. The largest absolute Gasteiger partial charge is 0.494 e. The standard InChI is InChI=1S/C16H21N3OS/c1-2-20-14-9-7-12(8-10-14)11-15-17-18-16(21)19(15)13-5-3-4-6-13/h7-10,13H,2-6,11H2,1H3,(H,18,21). The van der Waals surface area contributed by atoms with E-state index >= 15 is 0 Å². The highest BCUT2D eigenvalue weighted by Crippen LogP contribution is 2.30. The lowest BCUT2D eigenvalue weighted by molar-refractivity contribution is 0.340. The third-order valence-electron chi connectivity index (χ3n) is 4.06. The van der Waals surface area contributed by atoms with Gasteiger partial charge < -0.3 is 9.30 Å². The molecule has 1 N–H and O–H groups in total. The monoisotopic (exact) mass is 303 g/mol. The van der Waals surface area contributed by atoms with Gasteiger partial charge >= 0.3 is 0 Å². The first-order chi connectivity index (χ1) is 10.3. The predicted octanol–water partition coefficient (Wildman–Crippen LogP) is 4.05. The van der Waals surface area contributed by atoms with Crippen molar-refractivity contribution < 1.29 is 4.74 Å². The van der Waals surface area contributed by atoms with E-state index in [1.54, 1.807) is 0 Å². The fourth-order valence-corrected chi connectivity index (χ4v) is 3.35. The molecular weight excluding hydrogens is 282 g/mol. The minimum atomic E-state index is 0.522. The molecule has 0 saturated heterocycles. The van der Waals surface area contributed by atoms with E-state index in [1.165, 1.54) is 31.2 Å². The van der Waals surface area contributed by atoms with Crippen LogP contribution in [0.3, 0.4) is 0 Å². The van der Waals surface area contributed by atoms with Gasteiger partial charge in [-0.25, -0.2) is 0 Å². The van der Waals surface area contributed by atoms with Crippen LogP contribution in [0.15, 0.2) is 24.3 Å². The molecule has 4 nitrogen and oxygen atoms in total. The molecule has 1 aliphatic rings. The van der Waals surface area contributed by atoms with Crippen LogP contribution in [0.5, 0.6) is 5.75 Å². The van der Waals surface area contributed by atoms with Crippen LogP contribution < -0.4 is 4.74 Å². The molecule has 3 rings (SSSR count). The highest BCUT2D eigenvalue weighted by Gasteiger charge is 2.21. The maximum atomic E-state index is 5.48. The lowest BCUT2D eigenvalue weighted by Gasteiger charge is -2.14. The summed E-state index contributed by atoms with van der Waals surface area (Å²) in [6, 6.07) is 8.75. The summed E-state index contributed by atoms with van der Waals surface area (Å²) in [6.07, 6.45) is 5.81. The molecule has 0 spiro atoms. The Bertz CT molecular complexity index is 638. The zero-order valence-corrected chi connectivity index (χ0v) is 13.2. The van der Waals surface area contributed by atoms with Crippen molar-refractivity contribution in [2.45, 2.75) is 45.1 Å². The second-order valence-corrected chi connectivity index (χ2v) is 5.89. The number of benzene rings is 1. The van der Waals surface area contributed by atoms with Crippen molar-refractivity contribution in [1.29, 1.82) is 0 Å². The summed E-state index contributed by atoms with van der Waals surface area (Å²) in [7, 11) is 0. The van der Waals surface area contributed by atoms with Crippen molar-refractivity contribution in [1.82, 2.24) is 14.8 Å². The molecule has 1 saturated carbocycles. The van der Waals surface area contributed by atoms with Gasteiger partial charge in [-0.2, -0.15) is 5.10 Å². The van der Waals surface area contributed by atoms with Crippen LogP contribution >= 0.6 is 12.2 Å². The third kappa shape index (κ3) is 3.18. The molecule has 0 radical (unpaired) electrons. The van der Waals surface area contributed by atoms with Crippen LogP contribution in [0.4, 0.5) is 0 Å². The first-order valence-corrected chi connectivity index (χ1v) is 8.06. The lowest BCUT2D eigenvalue weighted by Crippen LogP contribution is -2.10. The van der Waals surface area contributed by atoms with Gasteiger partial charge in [0.15, 0.2) is 4.77 Å². The first kappa shape index (κ1) is 14.3. The highest BCUT2D eigenvalue weighted by atomic mass is 32.1. The Labute approximate surface area is 130 Å². The van der Waals surface area contributed by atoms with Gasteiger partial charge in [0, 0.05) is 12.5 Å². The second-order valence-electron chi connectivity index (χ2n) is 5.51. The number of aromatic nitrogens is 3. The Morgan fingerprint density at radius 2 is 2.00 bits per heavy atom. The molecule has 1 fully saturated rings. The molecular formula is C16H21N3OS. The van der Waals surface area contributed by atoms with E-state index in [4.69, 9.17) is 17.0 Å². The minimum Gasteiger partial charge on any atom is -0.494 e. The summed E-state index contributed by atoms with van der Waals surface area (Å²) in [5.41, 5.74) is 1.23. The van der Waals surface area contributed by atoms with Gasteiger partial charge in [-0.1, -0.05) is 25.0 Å². The van der Waals surface area contributed by atoms with Gasteiger partial charge in [-0.15, -0.1) is 0 Å². The van der Waals surface area contributed by atoms with E-state index in [0.29, 0.717) is 12.6 Å². The maximum Gasteiger partial charge on any atom is 0.195 e. The number of hydrogen-bond acceptors (Lipinski definition) is 3. The van der Waals surface area contributed by atoms with E-state index in [-0.39, 0.29) is 0 Å². The van der Waals surface area contributed by atoms with Gasteiger partial charge in [0.2, 0.25) is 0 Å². The molecule has 1 heterocycles. The molecule has 5 heteroatoms. The van der Waals surface area contributed by atoms with Crippen LogP contribution in [0, 0.1) is 4.77 Å². The van der Waals surface area contributed by atoms with Gasteiger partial charge in [0.05, 0.1) is 6.61 Å². The Hall–Kier alpha value is -1.62. The number of H-pyrrole nitrogens is 1. The van der Waals surface area contributed by atoms with Gasteiger partial charge in [-0.05, 0) is 49.7 Å². The molecule has 0 unspecified atom stereocenters. The number of rotatable bonds is 5. The van der Waals surface area contributed by atoms with E-state index in [2.05, 4.69) is 26.9 Å². The molecule has 112 valence electrons. The van der Waals surface area contributed by atoms with Gasteiger partial charge in [-0.3, -0.25) is 5.10 Å². The van der Waals surface area contributed by atoms with E-state index in [0.717, 1.165) is 22.8 Å². The fourth-order valence-electron chi connectivity index (χ4n) is 3.05. The van der Waals surface area contributed by atoms with Crippen molar-refractivity contribution in [3.05, 3.63) is 40.4 Å². The molecule has 1 aromatic heterocycles. The van der Waals surface area contributed by atoms with Crippen LogP contribution in [0.2, 0.25) is 0 Å². The molecule has 21 heavy (non-hydrogen) atoms.